The molecular weight excluding hydrogens is 481 g/mol. The molecule has 2 saturated heterocycles. The van der Waals surface area contributed by atoms with E-state index in [-0.39, 0.29) is 31.3 Å². The largest absolute Gasteiger partial charge is 0.374 e. The van der Waals surface area contributed by atoms with Gasteiger partial charge >= 0.3 is 0 Å². The Morgan fingerprint density at radius 1 is 1.19 bits per heavy atom. The van der Waals surface area contributed by atoms with Crippen LogP contribution in [0.15, 0.2) is 36.7 Å². The number of ether oxygens (including phenoxy) is 1. The number of fused-ring (bicyclic) bond motifs is 1. The first kappa shape index (κ1) is 26.1. The number of anilines is 2. The number of amides is 1. The molecular formula is C25H32FN7O2S. The Bertz CT molecular complexity index is 1200. The molecule has 2 N–H and O–H groups in total. The van der Waals surface area contributed by atoms with E-state index in [0.29, 0.717) is 79.5 Å². The third-order valence-corrected chi connectivity index (χ3v) is 6.48. The summed E-state index contributed by atoms with van der Waals surface area (Å²) < 4.78 is 21.0. The van der Waals surface area contributed by atoms with Crippen LogP contribution in [-0.2, 0) is 9.53 Å². The number of morpholine rings is 1. The van der Waals surface area contributed by atoms with E-state index in [1.807, 2.05) is 28.9 Å². The average Bonchev–Trinajstić information content (AvgIpc) is 2.91. The first-order valence-corrected chi connectivity index (χ1v) is 12.1. The first-order valence-electron chi connectivity index (χ1n) is 12.1. The van der Waals surface area contributed by atoms with E-state index in [2.05, 4.69) is 20.6 Å². The highest BCUT2D eigenvalue weighted by Crippen LogP contribution is 2.29. The fraction of sp³-hybridized carbons (Fsp3) is 0.440. The minimum absolute atomic E-state index is 0. The Labute approximate surface area is 216 Å². The van der Waals surface area contributed by atoms with Gasteiger partial charge < -0.3 is 25.2 Å². The Hall–Kier alpha value is -3.02. The van der Waals surface area contributed by atoms with Gasteiger partial charge in [0.05, 0.1) is 29.6 Å². The minimum atomic E-state index is -0.310. The summed E-state index contributed by atoms with van der Waals surface area (Å²) in [6, 6.07) is 7.01. The zero-order chi connectivity index (χ0) is 24.2. The molecule has 36 heavy (non-hydrogen) atoms. The van der Waals surface area contributed by atoms with Crippen molar-refractivity contribution in [3.8, 4) is 11.3 Å². The number of benzene rings is 1. The molecule has 192 valence electrons. The third kappa shape index (κ3) is 5.69. The predicted octanol–water partition coefficient (Wildman–Crippen LogP) is 2.40. The summed E-state index contributed by atoms with van der Waals surface area (Å²) >= 11 is 0. The zero-order valence-electron chi connectivity index (χ0n) is 20.3. The molecule has 2 aromatic heterocycles. The van der Waals surface area contributed by atoms with Gasteiger partial charge in [0.2, 0.25) is 5.91 Å². The lowest BCUT2D eigenvalue weighted by Gasteiger charge is -2.36. The molecule has 2 fully saturated rings. The number of aromatic nitrogens is 3. The number of nitrogens with one attached hydrogen (secondary N) is 2. The van der Waals surface area contributed by atoms with E-state index < -0.39 is 0 Å². The Balaban J connectivity index is 0.00000304. The van der Waals surface area contributed by atoms with E-state index in [9.17, 15) is 4.79 Å². The van der Waals surface area contributed by atoms with Crippen molar-refractivity contribution in [3.05, 3.63) is 42.5 Å². The molecule has 0 saturated carbocycles. The Kier molecular flexibility index (Phi) is 8.55. The van der Waals surface area contributed by atoms with Crippen LogP contribution in [0, 0.1) is 5.82 Å². The van der Waals surface area contributed by atoms with Crippen molar-refractivity contribution in [2.75, 3.05) is 62.6 Å². The van der Waals surface area contributed by atoms with Crippen LogP contribution in [-0.4, -0.2) is 84.3 Å². The molecule has 0 spiro atoms. The van der Waals surface area contributed by atoms with Crippen LogP contribution in [0.2, 0.25) is 0 Å². The molecule has 11 heteroatoms. The molecule has 0 unspecified atom stereocenters. The van der Waals surface area contributed by atoms with Gasteiger partial charge in [-0.2, -0.15) is 13.5 Å². The second-order valence-electron chi connectivity index (χ2n) is 8.75. The maximum absolute atomic E-state index is 15.2. The fourth-order valence-corrected chi connectivity index (χ4v) is 4.55. The minimum Gasteiger partial charge on any atom is -0.374 e. The maximum Gasteiger partial charge on any atom is 0.222 e. The van der Waals surface area contributed by atoms with Crippen molar-refractivity contribution in [2.45, 2.75) is 19.4 Å². The molecule has 5 rings (SSSR count). The van der Waals surface area contributed by atoms with Crippen molar-refractivity contribution in [3.63, 3.8) is 0 Å². The highest BCUT2D eigenvalue weighted by molar-refractivity contribution is 7.59. The summed E-state index contributed by atoms with van der Waals surface area (Å²) in [5, 5.41) is 6.67. The van der Waals surface area contributed by atoms with Gasteiger partial charge in [-0.05, 0) is 18.2 Å². The number of hydrogen-bond acceptors (Lipinski definition) is 8. The standard InChI is InChI=1S/C25H30FN7O2.H2S/c1-2-23(34)33-10-8-32(9-11-33)22-4-3-17(13-19(22)26)20-14-21-24(29-6-5-28-21)25(31-20)30-16-18-15-27-7-12-35-18;/h3-6,13-14,18,27H,2,7-12,15-16H2,1H3,(H,30,31);1H2/t18-;/m0./s1. The van der Waals surface area contributed by atoms with Gasteiger partial charge in [-0.25, -0.2) is 14.4 Å². The molecule has 0 bridgehead atoms. The van der Waals surface area contributed by atoms with Gasteiger partial charge in [0.1, 0.15) is 11.3 Å². The molecule has 9 nitrogen and oxygen atoms in total. The van der Waals surface area contributed by atoms with Gasteiger partial charge in [-0.3, -0.25) is 9.78 Å². The number of rotatable bonds is 6. The molecule has 2 aliphatic heterocycles. The topological polar surface area (TPSA) is 95.5 Å². The second-order valence-corrected chi connectivity index (χ2v) is 8.75. The van der Waals surface area contributed by atoms with Crippen LogP contribution in [0.1, 0.15) is 13.3 Å². The maximum atomic E-state index is 15.2. The zero-order valence-corrected chi connectivity index (χ0v) is 21.3. The van der Waals surface area contributed by atoms with E-state index in [0.717, 1.165) is 13.1 Å². The summed E-state index contributed by atoms with van der Waals surface area (Å²) in [5.74, 6) is 0.428. The van der Waals surface area contributed by atoms with Crippen LogP contribution in [0.4, 0.5) is 15.9 Å². The normalized spacial score (nSPS) is 18.1. The number of carbonyl (C=O) groups is 1. The Morgan fingerprint density at radius 2 is 2.00 bits per heavy atom. The molecule has 0 radical (unpaired) electrons. The molecule has 2 aliphatic rings. The average molecular weight is 514 g/mol. The highest BCUT2D eigenvalue weighted by atomic mass is 32.1. The number of hydrogen-bond donors (Lipinski definition) is 2. The van der Waals surface area contributed by atoms with Crippen molar-refractivity contribution in [2.24, 2.45) is 0 Å². The van der Waals surface area contributed by atoms with Crippen LogP contribution < -0.4 is 15.5 Å². The lowest BCUT2D eigenvalue weighted by molar-refractivity contribution is -0.131. The van der Waals surface area contributed by atoms with Crippen molar-refractivity contribution in [1.82, 2.24) is 25.2 Å². The molecule has 3 aromatic rings. The summed E-state index contributed by atoms with van der Waals surface area (Å²) in [6.07, 6.45) is 3.80. The van der Waals surface area contributed by atoms with E-state index in [1.165, 1.54) is 6.07 Å². The smallest absolute Gasteiger partial charge is 0.222 e. The van der Waals surface area contributed by atoms with Crippen molar-refractivity contribution in [1.29, 1.82) is 0 Å². The van der Waals surface area contributed by atoms with E-state index in [4.69, 9.17) is 9.72 Å². The molecule has 4 heterocycles. The summed E-state index contributed by atoms with van der Waals surface area (Å²) in [6.45, 7) is 7.17. The number of nitrogens with zero attached hydrogens (tertiary/aromatic N) is 5. The molecule has 1 atom stereocenters. The summed E-state index contributed by atoms with van der Waals surface area (Å²) in [5.41, 5.74) is 3.17. The van der Waals surface area contributed by atoms with Crippen LogP contribution in [0.5, 0.6) is 0 Å². The lowest BCUT2D eigenvalue weighted by Crippen LogP contribution is -2.48. The quantitative estimate of drug-likeness (QED) is 0.519. The fourth-order valence-electron chi connectivity index (χ4n) is 4.55. The molecule has 1 aromatic carbocycles. The van der Waals surface area contributed by atoms with Crippen LogP contribution in [0.25, 0.3) is 22.3 Å². The summed E-state index contributed by atoms with van der Waals surface area (Å²) in [4.78, 5) is 29.4. The number of carbonyl (C=O) groups excluding carboxylic acids is 1. The highest BCUT2D eigenvalue weighted by Gasteiger charge is 2.22. The van der Waals surface area contributed by atoms with Crippen molar-refractivity contribution >= 4 is 41.9 Å². The van der Waals surface area contributed by atoms with Crippen LogP contribution in [0.3, 0.4) is 0 Å². The van der Waals surface area contributed by atoms with E-state index >= 15 is 4.39 Å². The predicted molar refractivity (Wildman–Crippen MR) is 143 cm³/mol. The molecule has 0 aliphatic carbocycles. The number of pyridine rings is 1. The van der Waals surface area contributed by atoms with E-state index in [1.54, 1.807) is 18.5 Å². The Morgan fingerprint density at radius 3 is 2.72 bits per heavy atom. The monoisotopic (exact) mass is 513 g/mol. The molecule has 1 amide bonds. The SMILES string of the molecule is CCC(=O)N1CCN(c2ccc(-c3cc4nccnc4c(NC[C@@H]4CNCCO4)n3)cc2F)CC1.S. The van der Waals surface area contributed by atoms with Gasteiger partial charge in [-0.1, -0.05) is 13.0 Å². The van der Waals surface area contributed by atoms with Crippen LogP contribution >= 0.6 is 13.5 Å². The van der Waals surface area contributed by atoms with Gasteiger partial charge in [0, 0.05) is 70.2 Å². The first-order chi connectivity index (χ1) is 17.1. The second kappa shape index (κ2) is 11.8. The van der Waals surface area contributed by atoms with Gasteiger partial charge in [0.25, 0.3) is 0 Å². The van der Waals surface area contributed by atoms with Crippen molar-refractivity contribution < 1.29 is 13.9 Å². The number of halogens is 1. The third-order valence-electron chi connectivity index (χ3n) is 6.48. The summed E-state index contributed by atoms with van der Waals surface area (Å²) in [7, 11) is 0. The van der Waals surface area contributed by atoms with Gasteiger partial charge in [-0.15, -0.1) is 0 Å². The van der Waals surface area contributed by atoms with Gasteiger partial charge in [0.15, 0.2) is 5.82 Å². The lowest BCUT2D eigenvalue weighted by atomic mass is 10.1. The number of piperazine rings is 1.